The van der Waals surface area contributed by atoms with E-state index in [2.05, 4.69) is 19.1 Å². The molecule has 1 heterocycles. The third-order valence-corrected chi connectivity index (χ3v) is 4.84. The van der Waals surface area contributed by atoms with Gasteiger partial charge in [-0.1, -0.05) is 13.0 Å². The Morgan fingerprint density at radius 2 is 2.33 bits per heavy atom. The molecule has 0 amide bonds. The summed E-state index contributed by atoms with van der Waals surface area (Å²) in [5.41, 5.74) is 2.15. The number of carbonyl (C=O) groups excluding carboxylic acids is 1. The number of hydrogen-bond donors (Lipinski definition) is 0. The number of hydrogen-bond acceptors (Lipinski definition) is 3. The molecule has 3 heteroatoms. The van der Waals surface area contributed by atoms with Crippen LogP contribution in [0.4, 0.5) is 0 Å². The quantitative estimate of drug-likeness (QED) is 0.733. The van der Waals surface area contributed by atoms with Crippen molar-refractivity contribution in [1.29, 1.82) is 0 Å². The highest BCUT2D eigenvalue weighted by molar-refractivity contribution is 8.00. The van der Waals surface area contributed by atoms with E-state index in [-0.39, 0.29) is 5.25 Å². The molecule has 1 aromatic rings. The van der Waals surface area contributed by atoms with Crippen molar-refractivity contribution in [2.45, 2.75) is 29.2 Å². The molecule has 1 aliphatic rings. The van der Waals surface area contributed by atoms with E-state index in [1.54, 1.807) is 23.5 Å². The second kappa shape index (κ2) is 4.62. The zero-order chi connectivity index (χ0) is 10.8. The second-order valence-corrected chi connectivity index (χ2v) is 5.67. The zero-order valence-corrected chi connectivity index (χ0v) is 10.6. The van der Waals surface area contributed by atoms with E-state index in [1.807, 2.05) is 12.3 Å². The molecule has 1 nitrogen and oxygen atoms in total. The van der Waals surface area contributed by atoms with Crippen LogP contribution in [-0.4, -0.2) is 17.3 Å². The van der Waals surface area contributed by atoms with Crippen LogP contribution in [0.3, 0.4) is 0 Å². The minimum atomic E-state index is 0.176. The molecule has 0 aliphatic carbocycles. The Hall–Kier alpha value is -0.410. The van der Waals surface area contributed by atoms with Crippen molar-refractivity contribution in [2.75, 3.05) is 6.26 Å². The van der Waals surface area contributed by atoms with Gasteiger partial charge in [0, 0.05) is 16.2 Å². The van der Waals surface area contributed by atoms with Crippen molar-refractivity contribution < 1.29 is 4.79 Å². The number of ketones is 1. The van der Waals surface area contributed by atoms with Gasteiger partial charge in [-0.2, -0.15) is 0 Å². The van der Waals surface area contributed by atoms with Gasteiger partial charge in [0.1, 0.15) is 0 Å². The fourth-order valence-electron chi connectivity index (χ4n) is 1.78. The Morgan fingerprint density at radius 3 is 3.00 bits per heavy atom. The lowest BCUT2D eigenvalue weighted by molar-refractivity contribution is 0.0985. The highest BCUT2D eigenvalue weighted by Gasteiger charge is 2.26. The standard InChI is InChI=1S/C12H14OS2/c1-3-11-12(13)10-6-9(14-2)5-4-8(10)7-15-11/h4-6,11H,3,7H2,1-2H3. The highest BCUT2D eigenvalue weighted by atomic mass is 32.2. The normalized spacial score (nSPS) is 20.1. The molecule has 1 unspecified atom stereocenters. The monoisotopic (exact) mass is 238 g/mol. The lowest BCUT2D eigenvalue weighted by Crippen LogP contribution is -2.22. The van der Waals surface area contributed by atoms with Crippen molar-refractivity contribution in [3.8, 4) is 0 Å². The van der Waals surface area contributed by atoms with Gasteiger partial charge >= 0.3 is 0 Å². The van der Waals surface area contributed by atoms with Crippen LogP contribution in [0.5, 0.6) is 0 Å². The third kappa shape index (κ3) is 2.08. The van der Waals surface area contributed by atoms with Gasteiger partial charge in [-0.3, -0.25) is 4.79 Å². The molecule has 15 heavy (non-hydrogen) atoms. The maximum atomic E-state index is 12.1. The molecular formula is C12H14OS2. The van der Waals surface area contributed by atoms with E-state index in [4.69, 9.17) is 0 Å². The van der Waals surface area contributed by atoms with E-state index >= 15 is 0 Å². The van der Waals surface area contributed by atoms with Crippen molar-refractivity contribution in [1.82, 2.24) is 0 Å². The summed E-state index contributed by atoms with van der Waals surface area (Å²) in [5, 5.41) is 0.176. The van der Waals surface area contributed by atoms with Crippen LogP contribution in [0.1, 0.15) is 29.3 Å². The summed E-state index contributed by atoms with van der Waals surface area (Å²) in [6, 6.07) is 6.24. The van der Waals surface area contributed by atoms with E-state index in [0.29, 0.717) is 5.78 Å². The maximum Gasteiger partial charge on any atom is 0.176 e. The van der Waals surface area contributed by atoms with Gasteiger partial charge in [0.25, 0.3) is 0 Å². The van der Waals surface area contributed by atoms with Crippen molar-refractivity contribution in [2.24, 2.45) is 0 Å². The number of benzene rings is 1. The predicted octanol–water partition coefficient (Wildman–Crippen LogP) is 3.62. The molecule has 0 fully saturated rings. The first kappa shape index (κ1) is 11.1. The third-order valence-electron chi connectivity index (χ3n) is 2.69. The van der Waals surface area contributed by atoms with Crippen LogP contribution in [0.15, 0.2) is 23.1 Å². The molecule has 1 atom stereocenters. The van der Waals surface area contributed by atoms with Gasteiger partial charge in [-0.05, 0) is 30.4 Å². The average Bonchev–Trinajstić information content (AvgIpc) is 2.29. The number of carbonyl (C=O) groups is 1. The summed E-state index contributed by atoms with van der Waals surface area (Å²) in [6.45, 7) is 2.08. The first-order chi connectivity index (χ1) is 7.26. The van der Waals surface area contributed by atoms with Gasteiger partial charge in [-0.15, -0.1) is 23.5 Å². The Morgan fingerprint density at radius 1 is 1.53 bits per heavy atom. The largest absolute Gasteiger partial charge is 0.293 e. The molecule has 2 rings (SSSR count). The van der Waals surface area contributed by atoms with Crippen LogP contribution in [0, 0.1) is 0 Å². The van der Waals surface area contributed by atoms with Crippen molar-refractivity contribution >= 4 is 29.3 Å². The minimum Gasteiger partial charge on any atom is -0.293 e. The predicted molar refractivity (Wildman–Crippen MR) is 67.9 cm³/mol. The molecule has 0 saturated carbocycles. The van der Waals surface area contributed by atoms with E-state index in [9.17, 15) is 4.79 Å². The Balaban J connectivity index is 2.40. The summed E-state index contributed by atoms with van der Waals surface area (Å²) in [6.07, 6.45) is 2.98. The molecule has 0 saturated heterocycles. The van der Waals surface area contributed by atoms with E-state index < -0.39 is 0 Å². The molecule has 80 valence electrons. The zero-order valence-electron chi connectivity index (χ0n) is 8.95. The topological polar surface area (TPSA) is 17.1 Å². The lowest BCUT2D eigenvalue weighted by atomic mass is 10.0. The number of thioether (sulfide) groups is 2. The fraction of sp³-hybridized carbons (Fsp3) is 0.417. The summed E-state index contributed by atoms with van der Waals surface area (Å²) in [7, 11) is 0. The molecular weight excluding hydrogens is 224 g/mol. The molecule has 0 N–H and O–H groups in total. The lowest BCUT2D eigenvalue weighted by Gasteiger charge is -2.22. The number of rotatable bonds is 2. The molecule has 0 radical (unpaired) electrons. The summed E-state index contributed by atoms with van der Waals surface area (Å²) >= 11 is 3.46. The Labute approximate surface area is 99.0 Å². The Kier molecular flexibility index (Phi) is 3.42. The van der Waals surface area contributed by atoms with Gasteiger partial charge in [0.05, 0.1) is 5.25 Å². The van der Waals surface area contributed by atoms with E-state index in [0.717, 1.165) is 17.7 Å². The minimum absolute atomic E-state index is 0.176. The van der Waals surface area contributed by atoms with Crippen LogP contribution < -0.4 is 0 Å². The average molecular weight is 238 g/mol. The van der Waals surface area contributed by atoms with Crippen LogP contribution in [-0.2, 0) is 5.75 Å². The molecule has 0 spiro atoms. The molecule has 0 bridgehead atoms. The van der Waals surface area contributed by atoms with Crippen LogP contribution in [0.2, 0.25) is 0 Å². The Bertz CT molecular complexity index is 387. The second-order valence-electron chi connectivity index (χ2n) is 3.60. The summed E-state index contributed by atoms with van der Waals surface area (Å²) < 4.78 is 0. The maximum absolute atomic E-state index is 12.1. The van der Waals surface area contributed by atoms with Gasteiger partial charge in [0.15, 0.2) is 5.78 Å². The SMILES string of the molecule is CCC1SCc2ccc(SC)cc2C1=O. The van der Waals surface area contributed by atoms with Gasteiger partial charge < -0.3 is 0 Å². The number of fused-ring (bicyclic) bond motifs is 1. The molecule has 1 aliphatic heterocycles. The van der Waals surface area contributed by atoms with Gasteiger partial charge in [-0.25, -0.2) is 0 Å². The van der Waals surface area contributed by atoms with Crippen molar-refractivity contribution in [3.05, 3.63) is 29.3 Å². The van der Waals surface area contributed by atoms with Crippen LogP contribution in [0.25, 0.3) is 0 Å². The number of Topliss-reactive ketones (excluding diaryl/α,β-unsaturated/α-hetero) is 1. The van der Waals surface area contributed by atoms with E-state index in [1.165, 1.54) is 10.5 Å². The smallest absolute Gasteiger partial charge is 0.176 e. The van der Waals surface area contributed by atoms with Gasteiger partial charge in [0.2, 0.25) is 0 Å². The van der Waals surface area contributed by atoms with Crippen LogP contribution >= 0.6 is 23.5 Å². The first-order valence-electron chi connectivity index (χ1n) is 5.09. The first-order valence-corrected chi connectivity index (χ1v) is 7.36. The fourth-order valence-corrected chi connectivity index (χ4v) is 3.37. The molecule has 0 aromatic heterocycles. The van der Waals surface area contributed by atoms with Crippen molar-refractivity contribution in [3.63, 3.8) is 0 Å². The molecule has 1 aromatic carbocycles. The highest BCUT2D eigenvalue weighted by Crippen LogP contribution is 2.33. The summed E-state index contributed by atoms with van der Waals surface area (Å²) in [4.78, 5) is 13.3. The summed E-state index contributed by atoms with van der Waals surface area (Å²) in [5.74, 6) is 1.30.